The molecule has 1 rings (SSSR count). The van der Waals surface area contributed by atoms with Gasteiger partial charge in [-0.05, 0) is 18.2 Å². The number of nitrogens with one attached hydrogen (secondary N) is 2. The van der Waals surface area contributed by atoms with Crippen LogP contribution in [-0.2, 0) is 4.79 Å². The van der Waals surface area contributed by atoms with Crippen LogP contribution in [0.4, 0.5) is 10.5 Å². The Kier molecular flexibility index (Phi) is 5.38. The maximum absolute atomic E-state index is 11.5. The van der Waals surface area contributed by atoms with Gasteiger partial charge in [0.1, 0.15) is 6.07 Å². The monoisotopic (exact) mass is 279 g/mol. The summed E-state index contributed by atoms with van der Waals surface area (Å²) in [5.41, 5.74) is 0.565. The molecule has 0 aliphatic heterocycles. The van der Waals surface area contributed by atoms with Crippen molar-refractivity contribution in [1.29, 1.82) is 5.26 Å². The fraction of sp³-hybridized carbons (Fsp3) is 0.0833. The quantitative estimate of drug-likeness (QED) is 0.733. The summed E-state index contributed by atoms with van der Waals surface area (Å²) < 4.78 is 0. The number of carbonyl (C=O) groups excluding carboxylic acids is 1. The molecule has 0 aromatic heterocycles. The molecule has 3 N–H and O–H groups in total. The number of hydrogen-bond donors (Lipinski definition) is 3. The van der Waals surface area contributed by atoms with Crippen molar-refractivity contribution >= 4 is 29.3 Å². The summed E-state index contributed by atoms with van der Waals surface area (Å²) in [6, 6.07) is 5.84. The average Bonchev–Trinajstić information content (AvgIpc) is 2.35. The van der Waals surface area contributed by atoms with Crippen molar-refractivity contribution in [2.45, 2.75) is 0 Å². The molecular weight excluding hydrogens is 270 g/mol. The maximum atomic E-state index is 11.5. The molecule has 0 bridgehead atoms. The highest BCUT2D eigenvalue weighted by molar-refractivity contribution is 6.31. The minimum Gasteiger partial charge on any atom is -0.478 e. The number of nitrogens with zero attached hydrogens (tertiary/aromatic N) is 1. The van der Waals surface area contributed by atoms with Gasteiger partial charge in [0.15, 0.2) is 0 Å². The number of carbonyl (C=O) groups is 2. The number of amides is 2. The van der Waals surface area contributed by atoms with Crippen molar-refractivity contribution in [3.63, 3.8) is 0 Å². The van der Waals surface area contributed by atoms with E-state index in [1.807, 2.05) is 6.07 Å². The molecule has 1 aromatic rings. The second-order valence-corrected chi connectivity index (χ2v) is 3.81. The first-order valence-electron chi connectivity index (χ1n) is 5.17. The molecule has 0 radical (unpaired) electrons. The summed E-state index contributed by atoms with van der Waals surface area (Å²) in [5, 5.41) is 22.4. The van der Waals surface area contributed by atoms with E-state index in [4.69, 9.17) is 22.0 Å². The van der Waals surface area contributed by atoms with E-state index in [-0.39, 0.29) is 17.8 Å². The van der Waals surface area contributed by atoms with E-state index in [9.17, 15) is 9.59 Å². The Morgan fingerprint density at radius 1 is 1.47 bits per heavy atom. The number of carboxylic acids is 1. The van der Waals surface area contributed by atoms with E-state index < -0.39 is 12.0 Å². The highest BCUT2D eigenvalue weighted by Crippen LogP contribution is 2.20. The fourth-order valence-electron chi connectivity index (χ4n) is 1.20. The van der Waals surface area contributed by atoms with Crippen LogP contribution in [0.15, 0.2) is 30.4 Å². The topological polar surface area (TPSA) is 102 Å². The number of nitriles is 1. The molecule has 2 amide bonds. The van der Waals surface area contributed by atoms with Crippen LogP contribution in [0.2, 0.25) is 5.02 Å². The highest BCUT2D eigenvalue weighted by Gasteiger charge is 2.06. The lowest BCUT2D eigenvalue weighted by Crippen LogP contribution is -2.29. The summed E-state index contributed by atoms with van der Waals surface area (Å²) >= 11 is 5.76. The first kappa shape index (κ1) is 14.5. The van der Waals surface area contributed by atoms with Crippen molar-refractivity contribution in [3.05, 3.63) is 40.9 Å². The molecular formula is C12H10ClN3O3. The number of benzene rings is 1. The molecule has 0 atom stereocenters. The minimum atomic E-state index is -1.09. The molecule has 98 valence electrons. The molecule has 6 nitrogen and oxygen atoms in total. The van der Waals surface area contributed by atoms with Crippen molar-refractivity contribution in [3.8, 4) is 6.07 Å². The van der Waals surface area contributed by atoms with E-state index in [1.165, 1.54) is 18.2 Å². The zero-order valence-electron chi connectivity index (χ0n) is 9.68. The summed E-state index contributed by atoms with van der Waals surface area (Å²) in [7, 11) is 0. The van der Waals surface area contributed by atoms with Crippen LogP contribution >= 0.6 is 11.6 Å². The zero-order chi connectivity index (χ0) is 14.3. The van der Waals surface area contributed by atoms with Crippen molar-refractivity contribution in [2.75, 3.05) is 11.9 Å². The largest absolute Gasteiger partial charge is 0.478 e. The predicted octanol–water partition coefficient (Wildman–Crippen LogP) is 1.97. The van der Waals surface area contributed by atoms with Gasteiger partial charge < -0.3 is 15.7 Å². The second kappa shape index (κ2) is 7.03. The Bertz CT molecular complexity index is 564. The lowest BCUT2D eigenvalue weighted by Gasteiger charge is -2.07. The third-order valence-corrected chi connectivity index (χ3v) is 2.23. The number of anilines is 1. The molecule has 1 aromatic carbocycles. The number of carboxylic acid groups (broad SMARTS) is 1. The Hall–Kier alpha value is -2.52. The zero-order valence-corrected chi connectivity index (χ0v) is 10.4. The molecule has 0 unspecified atom stereocenters. The number of aliphatic carboxylic acids is 1. The van der Waals surface area contributed by atoms with E-state index in [1.54, 1.807) is 6.07 Å². The van der Waals surface area contributed by atoms with E-state index in [2.05, 4.69) is 10.6 Å². The van der Waals surface area contributed by atoms with Crippen LogP contribution in [0.3, 0.4) is 0 Å². The van der Waals surface area contributed by atoms with Crippen LogP contribution in [-0.4, -0.2) is 23.7 Å². The molecule has 19 heavy (non-hydrogen) atoms. The van der Waals surface area contributed by atoms with Crippen LogP contribution in [0.25, 0.3) is 0 Å². The van der Waals surface area contributed by atoms with Gasteiger partial charge in [0.2, 0.25) is 0 Å². The summed E-state index contributed by atoms with van der Waals surface area (Å²) in [6.45, 7) is 0.0561. The first-order chi connectivity index (χ1) is 9.02. The summed E-state index contributed by atoms with van der Waals surface area (Å²) in [6.07, 6.45) is 2.20. The minimum absolute atomic E-state index is 0.0561. The predicted molar refractivity (Wildman–Crippen MR) is 70.0 cm³/mol. The van der Waals surface area contributed by atoms with Crippen LogP contribution in [0.1, 0.15) is 5.56 Å². The van der Waals surface area contributed by atoms with Crippen LogP contribution < -0.4 is 10.6 Å². The number of rotatable bonds is 4. The van der Waals surface area contributed by atoms with Gasteiger partial charge in [-0.1, -0.05) is 17.7 Å². The van der Waals surface area contributed by atoms with Crippen molar-refractivity contribution in [2.24, 2.45) is 0 Å². The highest BCUT2D eigenvalue weighted by atomic mass is 35.5. The Balaban J connectivity index is 2.60. The standard InChI is InChI=1S/C12H10ClN3O3/c13-9-4-3-8(7-14)10(6-9)16-12(19)15-5-1-2-11(17)18/h1-4,6H,5H2,(H,17,18)(H2,15,16,19)/b2-1+. The van der Waals surface area contributed by atoms with Gasteiger partial charge in [-0.3, -0.25) is 0 Å². The molecule has 0 heterocycles. The SMILES string of the molecule is N#Cc1ccc(Cl)cc1NC(=O)NC/C=C/C(=O)O. The Morgan fingerprint density at radius 3 is 2.84 bits per heavy atom. The van der Waals surface area contributed by atoms with E-state index in [0.717, 1.165) is 6.08 Å². The molecule has 0 fully saturated rings. The Labute approximate surface area is 114 Å². The van der Waals surface area contributed by atoms with Gasteiger partial charge in [0.05, 0.1) is 11.3 Å². The van der Waals surface area contributed by atoms with E-state index in [0.29, 0.717) is 5.02 Å². The smallest absolute Gasteiger partial charge is 0.328 e. The normalized spacial score (nSPS) is 9.89. The van der Waals surface area contributed by atoms with Gasteiger partial charge in [0, 0.05) is 17.6 Å². The van der Waals surface area contributed by atoms with Crippen molar-refractivity contribution < 1.29 is 14.7 Å². The maximum Gasteiger partial charge on any atom is 0.328 e. The van der Waals surface area contributed by atoms with E-state index >= 15 is 0 Å². The molecule has 0 saturated heterocycles. The fourth-order valence-corrected chi connectivity index (χ4v) is 1.37. The first-order valence-corrected chi connectivity index (χ1v) is 5.54. The lowest BCUT2D eigenvalue weighted by atomic mass is 10.2. The van der Waals surface area contributed by atoms with Gasteiger partial charge in [-0.2, -0.15) is 5.26 Å². The Morgan fingerprint density at radius 2 is 2.21 bits per heavy atom. The van der Waals surface area contributed by atoms with Gasteiger partial charge >= 0.3 is 12.0 Å². The third kappa shape index (κ3) is 5.10. The number of hydrogen-bond acceptors (Lipinski definition) is 3. The summed E-state index contributed by atoms with van der Waals surface area (Å²) in [4.78, 5) is 21.7. The molecule has 0 aliphatic carbocycles. The number of urea groups is 1. The lowest BCUT2D eigenvalue weighted by molar-refractivity contribution is -0.131. The van der Waals surface area contributed by atoms with Gasteiger partial charge in [0.25, 0.3) is 0 Å². The van der Waals surface area contributed by atoms with Gasteiger partial charge in [-0.25, -0.2) is 9.59 Å². The third-order valence-electron chi connectivity index (χ3n) is 1.99. The number of halogens is 1. The average molecular weight is 280 g/mol. The summed E-state index contributed by atoms with van der Waals surface area (Å²) in [5.74, 6) is -1.09. The molecule has 0 saturated carbocycles. The molecule has 0 aliphatic rings. The van der Waals surface area contributed by atoms with Crippen molar-refractivity contribution in [1.82, 2.24) is 5.32 Å². The second-order valence-electron chi connectivity index (χ2n) is 3.38. The molecule has 7 heteroatoms. The van der Waals surface area contributed by atoms with Gasteiger partial charge in [-0.15, -0.1) is 0 Å². The van der Waals surface area contributed by atoms with Crippen LogP contribution in [0, 0.1) is 11.3 Å². The van der Waals surface area contributed by atoms with Crippen LogP contribution in [0.5, 0.6) is 0 Å². The molecule has 0 spiro atoms.